The number of methoxy groups -OCH3 is 1. The highest BCUT2D eigenvalue weighted by Crippen LogP contribution is 2.04. The second kappa shape index (κ2) is 9.63. The molecule has 0 amide bonds. The summed E-state index contributed by atoms with van der Waals surface area (Å²) < 4.78 is 5.13. The molecule has 0 unspecified atom stereocenters. The number of benzene rings is 1. The zero-order chi connectivity index (χ0) is 12.3. The van der Waals surface area contributed by atoms with Crippen LogP contribution in [0.15, 0.2) is 30.3 Å². The van der Waals surface area contributed by atoms with Gasteiger partial charge in [0.15, 0.2) is 0 Å². The van der Waals surface area contributed by atoms with Gasteiger partial charge < -0.3 is 9.64 Å². The van der Waals surface area contributed by atoms with Crippen LogP contribution in [0.4, 0.5) is 0 Å². The fourth-order valence-corrected chi connectivity index (χ4v) is 2.33. The number of hydrogen-bond acceptors (Lipinski definition) is 2. The fourth-order valence-electron chi connectivity index (χ4n) is 1.83. The number of hydrogen-bond donors (Lipinski definition) is 0. The Balaban J connectivity index is 2.22. The predicted molar refractivity (Wildman–Crippen MR) is 76.9 cm³/mol. The molecule has 17 heavy (non-hydrogen) atoms. The summed E-state index contributed by atoms with van der Waals surface area (Å²) >= 11 is 3.50. The second-order valence-electron chi connectivity index (χ2n) is 4.11. The van der Waals surface area contributed by atoms with Crippen molar-refractivity contribution in [2.45, 2.75) is 12.8 Å². The Hall–Kier alpha value is -0.380. The largest absolute Gasteiger partial charge is 0.383 e. The van der Waals surface area contributed by atoms with Crippen LogP contribution >= 0.6 is 15.9 Å². The molecule has 0 heterocycles. The summed E-state index contributed by atoms with van der Waals surface area (Å²) in [6.45, 7) is 4.08. The van der Waals surface area contributed by atoms with Crippen LogP contribution in [0.3, 0.4) is 0 Å². The number of alkyl halides is 1. The van der Waals surface area contributed by atoms with Gasteiger partial charge in [0.2, 0.25) is 0 Å². The third kappa shape index (κ3) is 6.81. The smallest absolute Gasteiger partial charge is 0.0589 e. The van der Waals surface area contributed by atoms with Crippen molar-refractivity contribution in [3.8, 4) is 0 Å². The highest BCUT2D eigenvalue weighted by molar-refractivity contribution is 9.09. The van der Waals surface area contributed by atoms with Crippen molar-refractivity contribution >= 4 is 15.9 Å². The lowest BCUT2D eigenvalue weighted by atomic mass is 10.1. The lowest BCUT2D eigenvalue weighted by molar-refractivity contribution is 0.151. The molecule has 0 aliphatic carbocycles. The van der Waals surface area contributed by atoms with E-state index in [9.17, 15) is 0 Å². The Morgan fingerprint density at radius 1 is 1.12 bits per heavy atom. The number of aryl methyl sites for hydroxylation is 1. The highest BCUT2D eigenvalue weighted by Gasteiger charge is 2.03. The third-order valence-electron chi connectivity index (χ3n) is 2.80. The fraction of sp³-hybridized carbons (Fsp3) is 0.571. The predicted octanol–water partition coefficient (Wildman–Crippen LogP) is 2.96. The van der Waals surface area contributed by atoms with E-state index in [0.717, 1.165) is 38.0 Å². The van der Waals surface area contributed by atoms with Crippen LogP contribution in [-0.2, 0) is 11.2 Å². The Morgan fingerprint density at radius 3 is 2.53 bits per heavy atom. The van der Waals surface area contributed by atoms with Crippen LogP contribution in [0.25, 0.3) is 0 Å². The lowest BCUT2D eigenvalue weighted by Crippen LogP contribution is -2.30. The van der Waals surface area contributed by atoms with Gasteiger partial charge in [0.25, 0.3) is 0 Å². The van der Waals surface area contributed by atoms with Crippen molar-refractivity contribution in [3.63, 3.8) is 0 Å². The first-order chi connectivity index (χ1) is 8.36. The summed E-state index contributed by atoms with van der Waals surface area (Å²) in [5.41, 5.74) is 1.43. The maximum Gasteiger partial charge on any atom is 0.0589 e. The average molecular weight is 300 g/mol. The van der Waals surface area contributed by atoms with Crippen LogP contribution in [0.1, 0.15) is 12.0 Å². The molecule has 0 spiro atoms. The maximum absolute atomic E-state index is 5.13. The Bertz CT molecular complexity index is 279. The van der Waals surface area contributed by atoms with E-state index in [-0.39, 0.29) is 0 Å². The normalized spacial score (nSPS) is 11.0. The molecule has 0 saturated heterocycles. The van der Waals surface area contributed by atoms with Crippen molar-refractivity contribution in [2.75, 3.05) is 38.7 Å². The number of rotatable bonds is 9. The molecule has 0 radical (unpaired) electrons. The van der Waals surface area contributed by atoms with E-state index in [1.807, 2.05) is 0 Å². The van der Waals surface area contributed by atoms with Crippen LogP contribution in [0.5, 0.6) is 0 Å². The molecule has 1 rings (SSSR count). The molecule has 1 aromatic carbocycles. The van der Waals surface area contributed by atoms with E-state index >= 15 is 0 Å². The average Bonchev–Trinajstić information content (AvgIpc) is 2.37. The van der Waals surface area contributed by atoms with Crippen LogP contribution < -0.4 is 0 Å². The number of ether oxygens (including phenoxy) is 1. The van der Waals surface area contributed by atoms with Gasteiger partial charge >= 0.3 is 0 Å². The molecule has 0 bridgehead atoms. The molecule has 0 N–H and O–H groups in total. The minimum atomic E-state index is 0.818. The van der Waals surface area contributed by atoms with Gasteiger partial charge in [-0.25, -0.2) is 0 Å². The van der Waals surface area contributed by atoms with Gasteiger partial charge in [-0.05, 0) is 24.9 Å². The van der Waals surface area contributed by atoms with Gasteiger partial charge in [0.1, 0.15) is 0 Å². The molecule has 2 nitrogen and oxygen atoms in total. The van der Waals surface area contributed by atoms with E-state index < -0.39 is 0 Å². The van der Waals surface area contributed by atoms with E-state index in [1.165, 1.54) is 12.0 Å². The van der Waals surface area contributed by atoms with Gasteiger partial charge in [0.05, 0.1) is 6.61 Å². The van der Waals surface area contributed by atoms with Crippen LogP contribution in [0, 0.1) is 0 Å². The lowest BCUT2D eigenvalue weighted by Gasteiger charge is -2.20. The van der Waals surface area contributed by atoms with Crippen LogP contribution in [0.2, 0.25) is 0 Å². The maximum atomic E-state index is 5.13. The summed E-state index contributed by atoms with van der Waals surface area (Å²) in [6.07, 6.45) is 2.37. The highest BCUT2D eigenvalue weighted by atomic mass is 79.9. The summed E-state index contributed by atoms with van der Waals surface area (Å²) in [5.74, 6) is 0. The number of nitrogens with zero attached hydrogens (tertiary/aromatic N) is 1. The van der Waals surface area contributed by atoms with Crippen molar-refractivity contribution in [2.24, 2.45) is 0 Å². The zero-order valence-corrected chi connectivity index (χ0v) is 12.2. The summed E-state index contributed by atoms with van der Waals surface area (Å²) in [4.78, 5) is 2.45. The first-order valence-electron chi connectivity index (χ1n) is 6.18. The first-order valence-corrected chi connectivity index (χ1v) is 7.30. The minimum absolute atomic E-state index is 0.818. The Kier molecular flexibility index (Phi) is 8.32. The summed E-state index contributed by atoms with van der Waals surface area (Å²) in [6, 6.07) is 10.7. The Labute approximate surface area is 113 Å². The summed E-state index contributed by atoms with van der Waals surface area (Å²) in [5, 5.41) is 1.03. The van der Waals surface area contributed by atoms with Crippen molar-refractivity contribution in [1.29, 1.82) is 0 Å². The van der Waals surface area contributed by atoms with Crippen molar-refractivity contribution in [3.05, 3.63) is 35.9 Å². The quantitative estimate of drug-likeness (QED) is 0.650. The van der Waals surface area contributed by atoms with E-state index in [1.54, 1.807) is 7.11 Å². The monoisotopic (exact) mass is 299 g/mol. The van der Waals surface area contributed by atoms with Crippen molar-refractivity contribution < 1.29 is 4.74 Å². The summed E-state index contributed by atoms with van der Waals surface area (Å²) in [7, 11) is 1.76. The molecule has 96 valence electrons. The third-order valence-corrected chi connectivity index (χ3v) is 3.15. The molecule has 0 atom stereocenters. The first kappa shape index (κ1) is 14.7. The molecule has 1 aromatic rings. The molecule has 0 fully saturated rings. The molecule has 0 saturated carbocycles. The van der Waals surface area contributed by atoms with E-state index in [0.29, 0.717) is 0 Å². The van der Waals surface area contributed by atoms with Gasteiger partial charge in [-0.2, -0.15) is 0 Å². The van der Waals surface area contributed by atoms with Crippen LogP contribution in [-0.4, -0.2) is 43.6 Å². The van der Waals surface area contributed by atoms with E-state index in [4.69, 9.17) is 4.74 Å². The molecule has 0 aliphatic rings. The second-order valence-corrected chi connectivity index (χ2v) is 4.91. The van der Waals surface area contributed by atoms with E-state index in [2.05, 4.69) is 51.2 Å². The molecule has 0 aliphatic heterocycles. The molecular weight excluding hydrogens is 278 g/mol. The van der Waals surface area contributed by atoms with Gasteiger partial charge in [0, 0.05) is 25.5 Å². The minimum Gasteiger partial charge on any atom is -0.383 e. The topological polar surface area (TPSA) is 12.5 Å². The van der Waals surface area contributed by atoms with Gasteiger partial charge in [-0.15, -0.1) is 0 Å². The zero-order valence-electron chi connectivity index (χ0n) is 10.6. The van der Waals surface area contributed by atoms with Gasteiger partial charge in [-0.3, -0.25) is 0 Å². The SMILES string of the molecule is COCCN(CCBr)CCCc1ccccc1. The standard InChI is InChI=1S/C14H22BrNO/c1-17-13-12-16(11-9-15)10-5-8-14-6-3-2-4-7-14/h2-4,6-7H,5,8-13H2,1H3. The molecule has 3 heteroatoms. The molecule has 0 aromatic heterocycles. The number of halogens is 1. The Morgan fingerprint density at radius 2 is 1.88 bits per heavy atom. The van der Waals surface area contributed by atoms with Gasteiger partial charge in [-0.1, -0.05) is 46.3 Å². The molecular formula is C14H22BrNO. The van der Waals surface area contributed by atoms with Crippen molar-refractivity contribution in [1.82, 2.24) is 4.90 Å².